The van der Waals surface area contributed by atoms with Crippen molar-refractivity contribution in [2.45, 2.75) is 19.4 Å². The average molecular weight is 296 g/mol. The Bertz CT molecular complexity index is 569. The molecule has 0 aliphatic rings. The Labute approximate surface area is 120 Å². The van der Waals surface area contributed by atoms with Crippen LogP contribution in [-0.2, 0) is 6.42 Å². The molecule has 1 aromatic carbocycles. The molecule has 3 nitrogen and oxygen atoms in total. The van der Waals surface area contributed by atoms with E-state index in [9.17, 15) is 4.79 Å². The number of aromatic carboxylic acids is 1. The van der Waals surface area contributed by atoms with Crippen molar-refractivity contribution in [3.05, 3.63) is 51.2 Å². The van der Waals surface area contributed by atoms with Crippen molar-refractivity contribution in [3.63, 3.8) is 0 Å². The van der Waals surface area contributed by atoms with Crippen LogP contribution in [0.1, 0.15) is 22.8 Å². The van der Waals surface area contributed by atoms with E-state index in [1.165, 1.54) is 11.6 Å². The lowest BCUT2D eigenvalue weighted by molar-refractivity contribution is 0.0698. The largest absolute Gasteiger partial charge is 0.478 e. The zero-order valence-electron chi connectivity index (χ0n) is 10.4. The van der Waals surface area contributed by atoms with Gasteiger partial charge in [0.05, 0.1) is 5.56 Å². The lowest BCUT2D eigenvalue weighted by atomic mass is 10.1. The Balaban J connectivity index is 2.12. The molecule has 0 aliphatic heterocycles. The first-order valence-electron chi connectivity index (χ1n) is 5.86. The first-order chi connectivity index (χ1) is 9.06. The van der Waals surface area contributed by atoms with E-state index < -0.39 is 5.97 Å². The molecular weight excluding hydrogens is 282 g/mol. The molecule has 19 heavy (non-hydrogen) atoms. The Hall–Kier alpha value is -1.52. The van der Waals surface area contributed by atoms with Crippen molar-refractivity contribution < 1.29 is 9.90 Å². The lowest BCUT2D eigenvalue weighted by Gasteiger charge is -2.16. The van der Waals surface area contributed by atoms with Crippen LogP contribution in [0.15, 0.2) is 35.0 Å². The Morgan fingerprint density at radius 2 is 2.26 bits per heavy atom. The predicted molar refractivity (Wildman–Crippen MR) is 79.5 cm³/mol. The molecule has 0 fully saturated rings. The summed E-state index contributed by atoms with van der Waals surface area (Å²) >= 11 is 7.48. The number of rotatable bonds is 5. The molecule has 2 rings (SSSR count). The van der Waals surface area contributed by atoms with Gasteiger partial charge in [-0.15, -0.1) is 0 Å². The summed E-state index contributed by atoms with van der Waals surface area (Å²) in [5.41, 5.74) is 2.04. The normalized spacial score (nSPS) is 12.1. The van der Waals surface area contributed by atoms with Gasteiger partial charge >= 0.3 is 5.97 Å². The fourth-order valence-corrected chi connectivity index (χ4v) is 2.75. The lowest BCUT2D eigenvalue weighted by Crippen LogP contribution is -2.19. The Morgan fingerprint density at radius 1 is 1.47 bits per heavy atom. The van der Waals surface area contributed by atoms with Crippen LogP contribution < -0.4 is 5.32 Å². The maximum atomic E-state index is 11.2. The van der Waals surface area contributed by atoms with E-state index >= 15 is 0 Å². The molecule has 0 spiro atoms. The number of hydrogen-bond donors (Lipinski definition) is 2. The quantitative estimate of drug-likeness (QED) is 0.871. The van der Waals surface area contributed by atoms with Crippen molar-refractivity contribution in [2.24, 2.45) is 0 Å². The first kappa shape index (κ1) is 13.9. The number of thiophene rings is 1. The summed E-state index contributed by atoms with van der Waals surface area (Å²) < 4.78 is 0. The highest BCUT2D eigenvalue weighted by Gasteiger charge is 2.13. The smallest absolute Gasteiger partial charge is 0.337 e. The Kier molecular flexibility index (Phi) is 4.45. The van der Waals surface area contributed by atoms with Crippen LogP contribution in [0, 0.1) is 0 Å². The minimum atomic E-state index is -0.979. The van der Waals surface area contributed by atoms with Crippen molar-refractivity contribution >= 4 is 34.6 Å². The van der Waals surface area contributed by atoms with Crippen LogP contribution in [0.4, 0.5) is 5.69 Å². The predicted octanol–water partition coefficient (Wildman–Crippen LogP) is 4.14. The van der Waals surface area contributed by atoms with Gasteiger partial charge in [0, 0.05) is 16.8 Å². The van der Waals surface area contributed by atoms with Crippen molar-refractivity contribution in [1.82, 2.24) is 0 Å². The summed E-state index contributed by atoms with van der Waals surface area (Å²) in [6.07, 6.45) is 0.852. The fourth-order valence-electron chi connectivity index (χ4n) is 1.90. The monoisotopic (exact) mass is 295 g/mol. The molecule has 0 radical (unpaired) electrons. The molecule has 2 N–H and O–H groups in total. The molecule has 0 saturated carbocycles. The minimum absolute atomic E-state index is 0.147. The van der Waals surface area contributed by atoms with E-state index in [1.807, 2.05) is 12.3 Å². The molecular formula is C14H14ClNO2S. The second-order valence-electron chi connectivity index (χ2n) is 4.38. The number of anilines is 1. The molecule has 0 bridgehead atoms. The third kappa shape index (κ3) is 3.72. The fraction of sp³-hybridized carbons (Fsp3) is 0.214. The van der Waals surface area contributed by atoms with Gasteiger partial charge in [0.1, 0.15) is 0 Å². The second kappa shape index (κ2) is 6.08. The topological polar surface area (TPSA) is 49.3 Å². The molecule has 0 aliphatic carbocycles. The van der Waals surface area contributed by atoms with Crippen LogP contribution in [0.5, 0.6) is 0 Å². The summed E-state index contributed by atoms with van der Waals surface area (Å²) in [6.45, 7) is 2.03. The zero-order chi connectivity index (χ0) is 13.8. The van der Waals surface area contributed by atoms with Gasteiger partial charge in [-0.3, -0.25) is 0 Å². The molecule has 1 atom stereocenters. The van der Waals surface area contributed by atoms with Crippen LogP contribution in [0.3, 0.4) is 0 Å². The van der Waals surface area contributed by atoms with Crippen LogP contribution in [-0.4, -0.2) is 17.1 Å². The zero-order valence-corrected chi connectivity index (χ0v) is 12.0. The van der Waals surface area contributed by atoms with Crippen molar-refractivity contribution in [3.8, 4) is 0 Å². The molecule has 0 saturated heterocycles. The van der Waals surface area contributed by atoms with Gasteiger partial charge < -0.3 is 10.4 Å². The highest BCUT2D eigenvalue weighted by molar-refractivity contribution is 7.07. The summed E-state index contributed by atoms with van der Waals surface area (Å²) in [5, 5.41) is 16.9. The molecule has 5 heteroatoms. The van der Waals surface area contributed by atoms with Crippen LogP contribution in [0.25, 0.3) is 0 Å². The number of carboxylic acid groups (broad SMARTS) is 1. The third-order valence-electron chi connectivity index (χ3n) is 2.74. The maximum absolute atomic E-state index is 11.2. The second-order valence-corrected chi connectivity index (χ2v) is 5.59. The number of hydrogen-bond acceptors (Lipinski definition) is 3. The minimum Gasteiger partial charge on any atom is -0.478 e. The standard InChI is InChI=1S/C14H14ClNO2S/c1-9(6-10-4-5-19-8-10)16-13-3-2-11(15)7-12(13)14(17)18/h2-5,7-9,16H,6H2,1H3,(H,17,18). The van der Waals surface area contributed by atoms with Gasteiger partial charge in [-0.2, -0.15) is 11.3 Å². The summed E-state index contributed by atoms with van der Waals surface area (Å²) in [4.78, 5) is 11.2. The summed E-state index contributed by atoms with van der Waals surface area (Å²) in [7, 11) is 0. The van der Waals surface area contributed by atoms with Gasteiger partial charge in [-0.25, -0.2) is 4.79 Å². The third-order valence-corrected chi connectivity index (χ3v) is 3.70. The molecule has 1 aromatic heterocycles. The number of carbonyl (C=O) groups is 1. The maximum Gasteiger partial charge on any atom is 0.337 e. The van der Waals surface area contributed by atoms with E-state index in [-0.39, 0.29) is 11.6 Å². The number of halogens is 1. The molecule has 1 heterocycles. The van der Waals surface area contributed by atoms with E-state index in [2.05, 4.69) is 16.8 Å². The molecule has 2 aromatic rings. The van der Waals surface area contributed by atoms with E-state index in [4.69, 9.17) is 16.7 Å². The van der Waals surface area contributed by atoms with Gasteiger partial charge in [0.2, 0.25) is 0 Å². The van der Waals surface area contributed by atoms with E-state index in [0.29, 0.717) is 10.7 Å². The Morgan fingerprint density at radius 3 is 2.89 bits per heavy atom. The van der Waals surface area contributed by atoms with Gasteiger partial charge in [0.15, 0.2) is 0 Å². The van der Waals surface area contributed by atoms with Crippen LogP contribution in [0.2, 0.25) is 5.02 Å². The van der Waals surface area contributed by atoms with Gasteiger partial charge in [0.25, 0.3) is 0 Å². The first-order valence-corrected chi connectivity index (χ1v) is 7.19. The van der Waals surface area contributed by atoms with Crippen LogP contribution >= 0.6 is 22.9 Å². The molecule has 0 amide bonds. The van der Waals surface area contributed by atoms with Gasteiger partial charge in [-0.05, 0) is 53.9 Å². The number of carboxylic acids is 1. The summed E-state index contributed by atoms with van der Waals surface area (Å²) in [5.74, 6) is -0.979. The number of nitrogens with one attached hydrogen (secondary N) is 1. The SMILES string of the molecule is CC(Cc1ccsc1)Nc1ccc(Cl)cc1C(=O)O. The average Bonchev–Trinajstić information content (AvgIpc) is 2.83. The van der Waals surface area contributed by atoms with Gasteiger partial charge in [-0.1, -0.05) is 11.6 Å². The van der Waals surface area contributed by atoms with E-state index in [1.54, 1.807) is 23.5 Å². The highest BCUT2D eigenvalue weighted by Crippen LogP contribution is 2.22. The number of benzene rings is 1. The van der Waals surface area contributed by atoms with Crippen molar-refractivity contribution in [2.75, 3.05) is 5.32 Å². The van der Waals surface area contributed by atoms with E-state index in [0.717, 1.165) is 6.42 Å². The molecule has 100 valence electrons. The summed E-state index contributed by atoms with van der Waals surface area (Å²) in [6, 6.07) is 7.07. The highest BCUT2D eigenvalue weighted by atomic mass is 35.5. The molecule has 1 unspecified atom stereocenters. The van der Waals surface area contributed by atoms with Crippen molar-refractivity contribution in [1.29, 1.82) is 0 Å².